The van der Waals surface area contributed by atoms with E-state index in [-0.39, 0.29) is 23.8 Å². The Hall–Kier alpha value is -2.58. The molecule has 100 valence electrons. The van der Waals surface area contributed by atoms with E-state index >= 15 is 0 Å². The molecule has 2 fully saturated rings. The maximum Gasteiger partial charge on any atom is 0.322 e. The van der Waals surface area contributed by atoms with Crippen molar-refractivity contribution >= 4 is 23.5 Å². The number of aromatic amines is 1. The van der Waals surface area contributed by atoms with E-state index in [0.717, 1.165) is 0 Å². The first-order valence-electron chi connectivity index (χ1n) is 5.73. The summed E-state index contributed by atoms with van der Waals surface area (Å²) >= 11 is 0. The molecule has 0 bridgehead atoms. The maximum absolute atomic E-state index is 12.2. The van der Waals surface area contributed by atoms with E-state index in [0.29, 0.717) is 13.0 Å². The molecule has 2 aliphatic rings. The van der Waals surface area contributed by atoms with E-state index in [1.54, 1.807) is 0 Å². The summed E-state index contributed by atoms with van der Waals surface area (Å²) in [5.74, 6) is -0.730. The van der Waals surface area contributed by atoms with Gasteiger partial charge in [-0.25, -0.2) is 4.79 Å². The van der Waals surface area contributed by atoms with Crippen molar-refractivity contribution in [3.8, 4) is 0 Å². The minimum absolute atomic E-state index is 0.127. The molecule has 0 saturated carbocycles. The average Bonchev–Trinajstić information content (AvgIpc) is 3.01. The van der Waals surface area contributed by atoms with E-state index < -0.39 is 17.5 Å². The van der Waals surface area contributed by atoms with Gasteiger partial charge in [0, 0.05) is 6.54 Å². The zero-order valence-corrected chi connectivity index (χ0v) is 9.90. The molecule has 1 spiro atoms. The molecule has 2 aliphatic heterocycles. The number of nitrogens with zero attached hydrogens (tertiary/aromatic N) is 2. The number of rotatable bonds is 1. The fourth-order valence-electron chi connectivity index (χ4n) is 2.42. The molecule has 2 saturated heterocycles. The van der Waals surface area contributed by atoms with Crippen molar-refractivity contribution < 1.29 is 14.4 Å². The molecule has 1 unspecified atom stereocenters. The van der Waals surface area contributed by atoms with E-state index in [2.05, 4.69) is 20.8 Å². The third-order valence-electron chi connectivity index (χ3n) is 3.45. The van der Waals surface area contributed by atoms with Crippen molar-refractivity contribution in [2.24, 2.45) is 0 Å². The predicted octanol–water partition coefficient (Wildman–Crippen LogP) is -1.58. The second-order valence-electron chi connectivity index (χ2n) is 4.67. The Balaban J connectivity index is 1.80. The Morgan fingerprint density at radius 1 is 1.47 bits per heavy atom. The van der Waals surface area contributed by atoms with Crippen LogP contribution in [0.5, 0.6) is 0 Å². The average molecular weight is 264 g/mol. The first kappa shape index (κ1) is 11.5. The largest absolute Gasteiger partial charge is 0.396 e. The van der Waals surface area contributed by atoms with Crippen LogP contribution in [0.4, 0.5) is 10.5 Å². The SMILES string of the molecule is Nc1cn[nH]c1C(=O)N1CCC2(C1)NC(=O)NC2=O. The molecular weight excluding hydrogens is 252 g/mol. The van der Waals surface area contributed by atoms with Crippen molar-refractivity contribution in [3.05, 3.63) is 11.9 Å². The van der Waals surface area contributed by atoms with Crippen molar-refractivity contribution in [2.75, 3.05) is 18.8 Å². The minimum Gasteiger partial charge on any atom is -0.396 e. The van der Waals surface area contributed by atoms with Crippen molar-refractivity contribution in [1.82, 2.24) is 25.7 Å². The highest BCUT2D eigenvalue weighted by Gasteiger charge is 2.51. The lowest BCUT2D eigenvalue weighted by atomic mass is 9.99. The third kappa shape index (κ3) is 1.62. The van der Waals surface area contributed by atoms with Gasteiger partial charge < -0.3 is 16.0 Å². The smallest absolute Gasteiger partial charge is 0.322 e. The molecule has 9 nitrogen and oxygen atoms in total. The zero-order valence-electron chi connectivity index (χ0n) is 9.90. The quantitative estimate of drug-likeness (QED) is 0.454. The fourth-order valence-corrected chi connectivity index (χ4v) is 2.42. The lowest BCUT2D eigenvalue weighted by molar-refractivity contribution is -0.123. The van der Waals surface area contributed by atoms with Gasteiger partial charge in [-0.15, -0.1) is 0 Å². The zero-order chi connectivity index (χ0) is 13.6. The summed E-state index contributed by atoms with van der Waals surface area (Å²) in [5.41, 5.74) is 5.05. The van der Waals surface area contributed by atoms with Crippen LogP contribution in [0, 0.1) is 0 Å². The fraction of sp³-hybridized carbons (Fsp3) is 0.400. The van der Waals surface area contributed by atoms with Crippen LogP contribution in [0.3, 0.4) is 0 Å². The summed E-state index contributed by atoms with van der Waals surface area (Å²) in [7, 11) is 0. The van der Waals surface area contributed by atoms with E-state index in [9.17, 15) is 14.4 Å². The van der Waals surface area contributed by atoms with E-state index in [4.69, 9.17) is 5.73 Å². The lowest BCUT2D eigenvalue weighted by Crippen LogP contribution is -2.49. The number of hydrogen-bond donors (Lipinski definition) is 4. The number of nitrogen functional groups attached to an aromatic ring is 1. The second-order valence-corrected chi connectivity index (χ2v) is 4.67. The normalized spacial score (nSPS) is 25.8. The highest BCUT2D eigenvalue weighted by atomic mass is 16.2. The summed E-state index contributed by atoms with van der Waals surface area (Å²) < 4.78 is 0. The van der Waals surface area contributed by atoms with Gasteiger partial charge in [-0.3, -0.25) is 20.0 Å². The summed E-state index contributed by atoms with van der Waals surface area (Å²) in [4.78, 5) is 36.6. The molecule has 3 rings (SSSR count). The van der Waals surface area contributed by atoms with Gasteiger partial charge in [0.25, 0.3) is 11.8 Å². The monoisotopic (exact) mass is 264 g/mol. The molecular formula is C10H12N6O3. The number of likely N-dealkylation sites (tertiary alicyclic amines) is 1. The topological polar surface area (TPSA) is 133 Å². The Bertz CT molecular complexity index is 582. The Morgan fingerprint density at radius 3 is 2.84 bits per heavy atom. The van der Waals surface area contributed by atoms with E-state index in [1.165, 1.54) is 11.1 Å². The molecule has 4 amide bonds. The van der Waals surface area contributed by atoms with Crippen molar-refractivity contribution in [1.29, 1.82) is 0 Å². The Labute approximate surface area is 107 Å². The molecule has 1 atom stereocenters. The van der Waals surface area contributed by atoms with Crippen LogP contribution in [-0.2, 0) is 4.79 Å². The molecule has 1 aromatic rings. The molecule has 0 aliphatic carbocycles. The van der Waals surface area contributed by atoms with Gasteiger partial charge in [0.1, 0.15) is 11.2 Å². The molecule has 0 aromatic carbocycles. The summed E-state index contributed by atoms with van der Waals surface area (Å²) in [6, 6.07) is -0.527. The number of imide groups is 1. The van der Waals surface area contributed by atoms with Crippen LogP contribution in [0.2, 0.25) is 0 Å². The molecule has 5 N–H and O–H groups in total. The number of urea groups is 1. The van der Waals surface area contributed by atoms with Crippen LogP contribution in [0.1, 0.15) is 16.9 Å². The van der Waals surface area contributed by atoms with Crippen LogP contribution >= 0.6 is 0 Å². The number of aromatic nitrogens is 2. The van der Waals surface area contributed by atoms with Gasteiger partial charge in [0.05, 0.1) is 18.4 Å². The minimum atomic E-state index is -1.01. The van der Waals surface area contributed by atoms with Gasteiger partial charge in [-0.05, 0) is 6.42 Å². The number of carbonyl (C=O) groups excluding carboxylic acids is 3. The first-order valence-corrected chi connectivity index (χ1v) is 5.73. The summed E-state index contributed by atoms with van der Waals surface area (Å²) in [6.07, 6.45) is 1.73. The van der Waals surface area contributed by atoms with E-state index in [1.807, 2.05) is 0 Å². The molecule has 9 heteroatoms. The van der Waals surface area contributed by atoms with Crippen molar-refractivity contribution in [3.63, 3.8) is 0 Å². The van der Waals surface area contributed by atoms with Gasteiger partial charge in [-0.1, -0.05) is 0 Å². The third-order valence-corrected chi connectivity index (χ3v) is 3.45. The standard InChI is InChI=1S/C10H12N6O3/c11-5-3-12-15-6(5)7(17)16-2-1-10(4-16)8(18)13-9(19)14-10/h3H,1-2,4,11H2,(H,12,15)(H2,13,14,18,19). The highest BCUT2D eigenvalue weighted by molar-refractivity contribution is 6.08. The van der Waals surface area contributed by atoms with Crippen molar-refractivity contribution in [2.45, 2.75) is 12.0 Å². The predicted molar refractivity (Wildman–Crippen MR) is 62.9 cm³/mol. The number of nitrogens with two attached hydrogens (primary N) is 1. The highest BCUT2D eigenvalue weighted by Crippen LogP contribution is 2.26. The maximum atomic E-state index is 12.2. The Kier molecular flexibility index (Phi) is 2.24. The second kappa shape index (κ2) is 3.70. The van der Waals surface area contributed by atoms with Gasteiger partial charge in [-0.2, -0.15) is 5.10 Å². The van der Waals surface area contributed by atoms with Crippen LogP contribution in [0.25, 0.3) is 0 Å². The summed E-state index contributed by atoms with van der Waals surface area (Å²) in [5, 5.41) is 11.0. The van der Waals surface area contributed by atoms with Crippen LogP contribution in [-0.4, -0.2) is 51.6 Å². The molecule has 1 aromatic heterocycles. The lowest BCUT2D eigenvalue weighted by Gasteiger charge is -2.20. The van der Waals surface area contributed by atoms with Crippen LogP contribution < -0.4 is 16.4 Å². The number of H-pyrrole nitrogens is 1. The molecule has 19 heavy (non-hydrogen) atoms. The number of anilines is 1. The number of hydrogen-bond acceptors (Lipinski definition) is 5. The van der Waals surface area contributed by atoms with Gasteiger partial charge >= 0.3 is 6.03 Å². The summed E-state index contributed by atoms with van der Waals surface area (Å²) in [6.45, 7) is 0.493. The molecule has 3 heterocycles. The first-order chi connectivity index (χ1) is 9.02. The Morgan fingerprint density at radius 2 is 2.26 bits per heavy atom. The van der Waals surface area contributed by atoms with Crippen LogP contribution in [0.15, 0.2) is 6.20 Å². The number of nitrogens with one attached hydrogen (secondary N) is 3. The van der Waals surface area contributed by atoms with Gasteiger partial charge in [0.15, 0.2) is 0 Å². The number of carbonyl (C=O) groups is 3. The van der Waals surface area contributed by atoms with Gasteiger partial charge in [0.2, 0.25) is 0 Å². The number of amides is 4. The molecule has 0 radical (unpaired) electrons.